The Labute approximate surface area is 105 Å². The van der Waals surface area contributed by atoms with Crippen molar-refractivity contribution in [2.24, 2.45) is 0 Å². The summed E-state index contributed by atoms with van der Waals surface area (Å²) in [5.74, 6) is 0.838. The molecule has 5 heteroatoms. The summed E-state index contributed by atoms with van der Waals surface area (Å²) in [5.41, 5.74) is 1.99. The minimum atomic E-state index is 0.262. The van der Waals surface area contributed by atoms with Gasteiger partial charge in [0.15, 0.2) is 0 Å². The summed E-state index contributed by atoms with van der Waals surface area (Å²) in [5, 5.41) is 3.52. The summed E-state index contributed by atoms with van der Waals surface area (Å²) in [6.07, 6.45) is 3.40. The molecule has 17 heavy (non-hydrogen) atoms. The molecular weight excluding hydrogens is 238 g/mol. The average molecular weight is 250 g/mol. The molecule has 0 spiro atoms. The van der Waals surface area contributed by atoms with Gasteiger partial charge in [-0.2, -0.15) is 0 Å². The monoisotopic (exact) mass is 249 g/mol. The van der Waals surface area contributed by atoms with Crippen molar-refractivity contribution in [1.29, 1.82) is 0 Å². The van der Waals surface area contributed by atoms with E-state index >= 15 is 0 Å². The minimum absolute atomic E-state index is 0.262. The molecule has 4 nitrogen and oxygen atoms in total. The number of rotatable bonds is 4. The number of benzene rings is 1. The second-order valence-electron chi connectivity index (χ2n) is 3.44. The molecule has 0 aliphatic rings. The zero-order chi connectivity index (χ0) is 12.1. The van der Waals surface area contributed by atoms with Crippen molar-refractivity contribution in [2.75, 3.05) is 12.4 Å². The van der Waals surface area contributed by atoms with Crippen LogP contribution in [-0.2, 0) is 6.54 Å². The molecule has 1 aromatic heterocycles. The van der Waals surface area contributed by atoms with E-state index in [0.717, 1.165) is 17.0 Å². The molecule has 0 radical (unpaired) electrons. The number of hydrogen-bond donors (Lipinski definition) is 1. The fourth-order valence-corrected chi connectivity index (χ4v) is 1.44. The molecule has 2 aromatic rings. The summed E-state index contributed by atoms with van der Waals surface area (Å²) < 4.78 is 5.08. The molecule has 1 heterocycles. The van der Waals surface area contributed by atoms with E-state index in [0.29, 0.717) is 6.54 Å². The van der Waals surface area contributed by atoms with Gasteiger partial charge in [-0.05, 0) is 35.9 Å². The van der Waals surface area contributed by atoms with Crippen LogP contribution in [0.1, 0.15) is 5.56 Å². The van der Waals surface area contributed by atoms with E-state index in [-0.39, 0.29) is 5.28 Å². The fourth-order valence-electron chi connectivity index (χ4n) is 1.34. The number of ether oxygens (including phenoxy) is 1. The van der Waals surface area contributed by atoms with Gasteiger partial charge in [-0.3, -0.25) is 0 Å². The van der Waals surface area contributed by atoms with E-state index in [2.05, 4.69) is 15.3 Å². The van der Waals surface area contributed by atoms with E-state index in [1.807, 2.05) is 24.3 Å². The van der Waals surface area contributed by atoms with Crippen molar-refractivity contribution in [2.45, 2.75) is 6.54 Å². The summed E-state index contributed by atoms with van der Waals surface area (Å²) in [7, 11) is 1.65. The van der Waals surface area contributed by atoms with Gasteiger partial charge >= 0.3 is 0 Å². The van der Waals surface area contributed by atoms with Crippen LogP contribution in [0, 0.1) is 0 Å². The highest BCUT2D eigenvalue weighted by molar-refractivity contribution is 6.28. The highest BCUT2D eigenvalue weighted by Gasteiger charge is 1.96. The molecule has 1 N–H and O–H groups in total. The number of nitrogens with zero attached hydrogens (tertiary/aromatic N) is 2. The summed E-state index contributed by atoms with van der Waals surface area (Å²) in [6, 6.07) is 7.71. The second-order valence-corrected chi connectivity index (χ2v) is 3.78. The Morgan fingerprint density at radius 3 is 2.41 bits per heavy atom. The standard InChI is InChI=1S/C12H12ClN3O/c1-17-11-4-2-10(3-5-11)14-6-9-7-15-12(13)16-8-9/h2-5,7-8,14H,6H2,1H3. The van der Waals surface area contributed by atoms with E-state index < -0.39 is 0 Å². The van der Waals surface area contributed by atoms with Crippen LogP contribution in [0.3, 0.4) is 0 Å². The molecule has 88 valence electrons. The average Bonchev–Trinajstić information content (AvgIpc) is 2.39. The molecule has 2 rings (SSSR count). The van der Waals surface area contributed by atoms with E-state index in [1.54, 1.807) is 19.5 Å². The first kappa shape index (κ1) is 11.7. The Bertz CT molecular complexity index is 470. The van der Waals surface area contributed by atoms with E-state index in [9.17, 15) is 0 Å². The zero-order valence-corrected chi connectivity index (χ0v) is 10.1. The summed E-state index contributed by atoms with van der Waals surface area (Å²) in [6.45, 7) is 0.656. The Morgan fingerprint density at radius 1 is 1.18 bits per heavy atom. The van der Waals surface area contributed by atoms with E-state index in [1.165, 1.54) is 0 Å². The van der Waals surface area contributed by atoms with Crippen LogP contribution in [0.4, 0.5) is 5.69 Å². The third-order valence-corrected chi connectivity index (χ3v) is 2.46. The van der Waals surface area contributed by atoms with Gasteiger partial charge in [-0.1, -0.05) is 0 Å². The molecule has 1 aromatic carbocycles. The van der Waals surface area contributed by atoms with Gasteiger partial charge in [0.25, 0.3) is 0 Å². The number of aromatic nitrogens is 2. The van der Waals surface area contributed by atoms with Crippen LogP contribution >= 0.6 is 11.6 Å². The van der Waals surface area contributed by atoms with Crippen molar-refractivity contribution >= 4 is 17.3 Å². The van der Waals surface area contributed by atoms with Crippen LogP contribution in [0.25, 0.3) is 0 Å². The molecule has 0 unspecified atom stereocenters. The third-order valence-electron chi connectivity index (χ3n) is 2.26. The molecule has 0 bridgehead atoms. The molecule has 0 amide bonds. The Balaban J connectivity index is 1.95. The predicted molar refractivity (Wildman–Crippen MR) is 67.4 cm³/mol. The third kappa shape index (κ3) is 3.32. The Hall–Kier alpha value is -1.81. The van der Waals surface area contributed by atoms with E-state index in [4.69, 9.17) is 16.3 Å². The summed E-state index contributed by atoms with van der Waals surface area (Å²) in [4.78, 5) is 7.83. The maximum absolute atomic E-state index is 5.61. The second kappa shape index (κ2) is 5.50. The first-order valence-electron chi connectivity index (χ1n) is 5.12. The molecule has 0 atom stereocenters. The number of halogens is 1. The Kier molecular flexibility index (Phi) is 3.77. The van der Waals surface area contributed by atoms with Crippen LogP contribution in [0.5, 0.6) is 5.75 Å². The lowest BCUT2D eigenvalue weighted by molar-refractivity contribution is 0.415. The normalized spacial score (nSPS) is 10.0. The lowest BCUT2D eigenvalue weighted by Gasteiger charge is -2.06. The topological polar surface area (TPSA) is 47.0 Å². The maximum atomic E-state index is 5.61. The largest absolute Gasteiger partial charge is 0.497 e. The van der Waals surface area contributed by atoms with Crippen molar-refractivity contribution in [3.63, 3.8) is 0 Å². The zero-order valence-electron chi connectivity index (χ0n) is 9.35. The highest BCUT2D eigenvalue weighted by Crippen LogP contribution is 2.15. The van der Waals surface area contributed by atoms with Gasteiger partial charge in [0.1, 0.15) is 5.75 Å². The number of hydrogen-bond acceptors (Lipinski definition) is 4. The first-order chi connectivity index (χ1) is 8.28. The van der Waals surface area contributed by atoms with Crippen LogP contribution in [-0.4, -0.2) is 17.1 Å². The van der Waals surface area contributed by atoms with Crippen LogP contribution < -0.4 is 10.1 Å². The number of anilines is 1. The van der Waals surface area contributed by atoms with Crippen LogP contribution in [0.15, 0.2) is 36.7 Å². The van der Waals surface area contributed by atoms with Gasteiger partial charge in [-0.25, -0.2) is 9.97 Å². The first-order valence-corrected chi connectivity index (χ1v) is 5.50. The quantitative estimate of drug-likeness (QED) is 0.847. The smallest absolute Gasteiger partial charge is 0.222 e. The fraction of sp³-hybridized carbons (Fsp3) is 0.167. The maximum Gasteiger partial charge on any atom is 0.222 e. The lowest BCUT2D eigenvalue weighted by atomic mass is 10.3. The highest BCUT2D eigenvalue weighted by atomic mass is 35.5. The van der Waals surface area contributed by atoms with Gasteiger partial charge in [0.05, 0.1) is 7.11 Å². The van der Waals surface area contributed by atoms with Crippen molar-refractivity contribution in [3.05, 3.63) is 47.5 Å². The number of nitrogens with one attached hydrogen (secondary N) is 1. The molecular formula is C12H12ClN3O. The lowest BCUT2D eigenvalue weighted by Crippen LogP contribution is -2.00. The van der Waals surface area contributed by atoms with Gasteiger partial charge in [0.2, 0.25) is 5.28 Å². The van der Waals surface area contributed by atoms with Crippen molar-refractivity contribution in [3.8, 4) is 5.75 Å². The molecule has 0 fully saturated rings. The minimum Gasteiger partial charge on any atom is -0.497 e. The molecule has 0 aliphatic heterocycles. The molecule has 0 aliphatic carbocycles. The van der Waals surface area contributed by atoms with Crippen LogP contribution in [0.2, 0.25) is 5.28 Å². The number of methoxy groups -OCH3 is 1. The van der Waals surface area contributed by atoms with Crippen molar-refractivity contribution < 1.29 is 4.74 Å². The van der Waals surface area contributed by atoms with Gasteiger partial charge in [-0.15, -0.1) is 0 Å². The summed E-state index contributed by atoms with van der Waals surface area (Å²) >= 11 is 5.61. The molecule has 0 saturated heterocycles. The Morgan fingerprint density at radius 2 is 1.82 bits per heavy atom. The van der Waals surface area contributed by atoms with Gasteiger partial charge < -0.3 is 10.1 Å². The predicted octanol–water partition coefficient (Wildman–Crippen LogP) is 2.75. The molecule has 0 saturated carbocycles. The SMILES string of the molecule is COc1ccc(NCc2cnc(Cl)nc2)cc1. The van der Waals surface area contributed by atoms with Crippen molar-refractivity contribution in [1.82, 2.24) is 9.97 Å². The van der Waals surface area contributed by atoms with Gasteiger partial charge in [0, 0.05) is 30.2 Å².